The van der Waals surface area contributed by atoms with Crippen LogP contribution in [-0.4, -0.2) is 133 Å². The van der Waals surface area contributed by atoms with Gasteiger partial charge in [0.2, 0.25) is 12.7 Å². The molecule has 3 rings (SSSR count). The molecule has 15 nitrogen and oxygen atoms in total. The second-order valence-corrected chi connectivity index (χ2v) is 10.4. The van der Waals surface area contributed by atoms with E-state index in [-0.39, 0.29) is 19.6 Å². The highest BCUT2D eigenvalue weighted by molar-refractivity contribution is 5.47. The molecule has 2 unspecified atom stereocenters. The van der Waals surface area contributed by atoms with Crippen LogP contribution in [-0.2, 0) is 23.7 Å². The Morgan fingerprint density at radius 2 is 1.92 bits per heavy atom. The second-order valence-electron chi connectivity index (χ2n) is 10.4. The Balaban J connectivity index is 1.68. The van der Waals surface area contributed by atoms with Crippen molar-refractivity contribution in [1.29, 1.82) is 0 Å². The van der Waals surface area contributed by atoms with Gasteiger partial charge in [0.1, 0.15) is 35.8 Å². The molecule has 1 saturated heterocycles. The summed E-state index contributed by atoms with van der Waals surface area (Å²) in [5, 5.41) is 50.2. The summed E-state index contributed by atoms with van der Waals surface area (Å²) in [5.74, 6) is 0.567. The van der Waals surface area contributed by atoms with Gasteiger partial charge in [0, 0.05) is 18.6 Å². The molecule has 1 amide bonds. The van der Waals surface area contributed by atoms with E-state index in [2.05, 4.69) is 16.0 Å². The smallest absolute Gasteiger partial charge is 0.215 e. The fourth-order valence-corrected chi connectivity index (χ4v) is 5.07. The number of aliphatic hydroxyl groups is 4. The Morgan fingerprint density at radius 1 is 1.21 bits per heavy atom. The van der Waals surface area contributed by atoms with Crippen LogP contribution in [0.5, 0.6) is 0 Å². The lowest BCUT2D eigenvalue weighted by Gasteiger charge is -2.48. The second kappa shape index (κ2) is 13.7. The monoisotopic (exact) mass is 548 g/mol. The van der Waals surface area contributed by atoms with E-state index >= 15 is 0 Å². The van der Waals surface area contributed by atoms with Crippen LogP contribution in [0.4, 0.5) is 0 Å². The van der Waals surface area contributed by atoms with Gasteiger partial charge in [-0.15, -0.1) is 0 Å². The zero-order chi connectivity index (χ0) is 28.0. The van der Waals surface area contributed by atoms with Crippen molar-refractivity contribution >= 4 is 6.41 Å². The van der Waals surface area contributed by atoms with Crippen LogP contribution in [0.1, 0.15) is 19.8 Å². The van der Waals surface area contributed by atoms with Gasteiger partial charge in [-0.05, 0) is 32.9 Å². The van der Waals surface area contributed by atoms with Gasteiger partial charge >= 0.3 is 0 Å². The number of hydrogen-bond acceptors (Lipinski definition) is 14. The highest BCUT2D eigenvalue weighted by Gasteiger charge is 2.51. The molecule has 2 fully saturated rings. The summed E-state index contributed by atoms with van der Waals surface area (Å²) < 4.78 is 23.6. The highest BCUT2D eigenvalue weighted by atomic mass is 16.7. The maximum absolute atomic E-state index is 11.3. The van der Waals surface area contributed by atoms with Gasteiger partial charge in [-0.2, -0.15) is 0 Å². The molecular weight excluding hydrogens is 504 g/mol. The largest absolute Gasteiger partial charge is 0.467 e. The zero-order valence-electron chi connectivity index (χ0n) is 21.8. The summed E-state index contributed by atoms with van der Waals surface area (Å²) in [6, 6.07) is -3.13. The van der Waals surface area contributed by atoms with Crippen LogP contribution in [0.2, 0.25) is 0 Å². The van der Waals surface area contributed by atoms with E-state index < -0.39 is 72.8 Å². The van der Waals surface area contributed by atoms with Gasteiger partial charge in [0.05, 0.1) is 37.9 Å². The first-order chi connectivity index (χ1) is 18.0. The Bertz CT molecular complexity index is 792. The van der Waals surface area contributed by atoms with Crippen molar-refractivity contribution < 1.29 is 44.2 Å². The van der Waals surface area contributed by atoms with E-state index in [9.17, 15) is 20.1 Å². The number of amides is 1. The van der Waals surface area contributed by atoms with Crippen LogP contribution < -0.4 is 33.2 Å². The summed E-state index contributed by atoms with van der Waals surface area (Å²) in [7, 11) is 1.59. The summed E-state index contributed by atoms with van der Waals surface area (Å²) in [4.78, 5) is 11.3. The summed E-state index contributed by atoms with van der Waals surface area (Å²) >= 11 is 0. The average Bonchev–Trinajstić information content (AvgIpc) is 2.87. The number of aliphatic hydroxyl groups excluding tert-OH is 3. The fraction of sp³-hybridized carbons (Fsp3) is 0.870. The summed E-state index contributed by atoms with van der Waals surface area (Å²) in [6.07, 6.45) is -3.88. The quantitative estimate of drug-likeness (QED) is 0.102. The Morgan fingerprint density at radius 3 is 2.58 bits per heavy atom. The standard InChI is InChI=1S/C23H44N6O9/c1-23(34)9-35-22(17(33)20(23)27-2)38-19-15(29-10-31)5-14(26)18(16(19)32)37-21-13(25)4-3-12(36-21)7-28-6-11(24)8-30/h3,10-11,13-22,27-28,30,32-34H,4-9,24-26H2,1-2H3,(H,29,31)/t11?,13-,14+,15-,16+,17-,18?,19+,20-,21-,22-,23+/m1/s1. The van der Waals surface area contributed by atoms with Crippen molar-refractivity contribution in [2.45, 2.75) is 92.6 Å². The molecule has 13 N–H and O–H groups in total. The van der Waals surface area contributed by atoms with Gasteiger partial charge in [-0.25, -0.2) is 0 Å². The van der Waals surface area contributed by atoms with E-state index in [0.29, 0.717) is 31.7 Å². The minimum Gasteiger partial charge on any atom is -0.467 e. The molecule has 0 spiro atoms. The summed E-state index contributed by atoms with van der Waals surface area (Å²) in [5.41, 5.74) is 16.9. The van der Waals surface area contributed by atoms with Gasteiger partial charge in [0.15, 0.2) is 6.29 Å². The van der Waals surface area contributed by atoms with Crippen molar-refractivity contribution in [2.24, 2.45) is 17.2 Å². The molecule has 0 aromatic carbocycles. The minimum atomic E-state index is -1.36. The minimum absolute atomic E-state index is 0.134. The molecular formula is C23H44N6O9. The first-order valence-electron chi connectivity index (χ1n) is 12.8. The molecule has 0 aromatic heterocycles. The third-order valence-corrected chi connectivity index (χ3v) is 7.20. The molecule has 15 heteroatoms. The number of hydrogen-bond donors (Lipinski definition) is 10. The highest BCUT2D eigenvalue weighted by Crippen LogP contribution is 2.31. The molecule has 1 saturated carbocycles. The number of rotatable bonds is 12. The molecule has 2 heterocycles. The van der Waals surface area contributed by atoms with Crippen LogP contribution in [0.25, 0.3) is 0 Å². The molecule has 0 radical (unpaired) electrons. The van der Waals surface area contributed by atoms with Gasteiger partial charge in [-0.1, -0.05) is 0 Å². The predicted molar refractivity (Wildman–Crippen MR) is 134 cm³/mol. The molecule has 3 aliphatic rings. The van der Waals surface area contributed by atoms with Crippen molar-refractivity contribution in [3.63, 3.8) is 0 Å². The summed E-state index contributed by atoms with van der Waals surface area (Å²) in [6.45, 7) is 1.96. The van der Waals surface area contributed by atoms with E-state index in [1.807, 2.05) is 6.08 Å². The molecule has 1 aliphatic carbocycles. The molecule has 0 bridgehead atoms. The maximum Gasteiger partial charge on any atom is 0.215 e. The van der Waals surface area contributed by atoms with Crippen LogP contribution in [0.15, 0.2) is 11.8 Å². The Hall–Kier alpha value is -1.47. The normalized spacial score (nSPS) is 42.6. The number of nitrogens with one attached hydrogen (secondary N) is 3. The number of carbonyl (C=O) groups excluding carboxylic acids is 1. The topological polar surface area (TPSA) is 249 Å². The molecule has 220 valence electrons. The van der Waals surface area contributed by atoms with Gasteiger partial charge in [0.25, 0.3) is 0 Å². The number of carbonyl (C=O) groups is 1. The van der Waals surface area contributed by atoms with Crippen LogP contribution in [0, 0.1) is 0 Å². The molecule has 0 aromatic rings. The average molecular weight is 549 g/mol. The Kier molecular flexibility index (Phi) is 11.2. The number of likely N-dealkylation sites (N-methyl/N-ethyl adjacent to an activating group) is 1. The fourth-order valence-electron chi connectivity index (χ4n) is 5.07. The first kappa shape index (κ1) is 31.1. The predicted octanol–water partition coefficient (Wildman–Crippen LogP) is -5.11. The van der Waals surface area contributed by atoms with Crippen LogP contribution >= 0.6 is 0 Å². The van der Waals surface area contributed by atoms with Crippen molar-refractivity contribution in [3.8, 4) is 0 Å². The molecule has 38 heavy (non-hydrogen) atoms. The maximum atomic E-state index is 11.3. The SMILES string of the molecule is CN[C@@H]1[C@@H](O)[C@@H](O[C@H]2[C@H](NC=O)C[C@H](N)C(O[C@H]3OC(CNCC(N)CO)=CC[C@H]3N)[C@@H]2O)OC[C@]1(C)O. The van der Waals surface area contributed by atoms with E-state index in [4.69, 9.17) is 41.3 Å². The lowest BCUT2D eigenvalue weighted by atomic mass is 9.83. The zero-order valence-corrected chi connectivity index (χ0v) is 21.8. The number of nitrogens with two attached hydrogens (primary N) is 3. The molecule has 2 aliphatic heterocycles. The van der Waals surface area contributed by atoms with Crippen molar-refractivity contribution in [2.75, 3.05) is 33.4 Å². The van der Waals surface area contributed by atoms with Gasteiger partial charge < -0.3 is 72.5 Å². The lowest BCUT2D eigenvalue weighted by molar-refractivity contribution is -0.304. The third-order valence-electron chi connectivity index (χ3n) is 7.20. The van der Waals surface area contributed by atoms with E-state index in [0.717, 1.165) is 0 Å². The van der Waals surface area contributed by atoms with E-state index in [1.54, 1.807) is 7.05 Å². The van der Waals surface area contributed by atoms with Crippen molar-refractivity contribution in [3.05, 3.63) is 11.8 Å². The lowest BCUT2D eigenvalue weighted by Crippen LogP contribution is -2.69. The van der Waals surface area contributed by atoms with Crippen molar-refractivity contribution in [1.82, 2.24) is 16.0 Å². The van der Waals surface area contributed by atoms with E-state index in [1.165, 1.54) is 6.92 Å². The van der Waals surface area contributed by atoms with Gasteiger partial charge in [-0.3, -0.25) is 4.79 Å². The van der Waals surface area contributed by atoms with Crippen LogP contribution in [0.3, 0.4) is 0 Å². The molecule has 12 atom stereocenters. The third kappa shape index (κ3) is 7.38. The Labute approximate surface area is 222 Å². The number of ether oxygens (including phenoxy) is 4. The first-order valence-corrected chi connectivity index (χ1v) is 12.8.